The van der Waals surface area contributed by atoms with E-state index in [0.29, 0.717) is 25.9 Å². The lowest BCUT2D eigenvalue weighted by Gasteiger charge is -2.36. The number of carbonyl (C=O) groups excluding carboxylic acids is 1. The number of amides is 1. The summed E-state index contributed by atoms with van der Waals surface area (Å²) in [6, 6.07) is 7.84. The number of benzene rings is 1. The predicted octanol–water partition coefficient (Wildman–Crippen LogP) is 3.55. The lowest BCUT2D eigenvalue weighted by Crippen LogP contribution is -2.51. The zero-order valence-corrected chi connectivity index (χ0v) is 15.7. The number of nitrogens with zero attached hydrogens (tertiary/aromatic N) is 2. The van der Waals surface area contributed by atoms with E-state index >= 15 is 0 Å². The van der Waals surface area contributed by atoms with Gasteiger partial charge in [-0.05, 0) is 35.9 Å². The number of fused-ring (bicyclic) bond motifs is 1. The molecular weight excluding hydrogens is 340 g/mol. The Morgan fingerprint density at radius 3 is 2.85 bits per heavy atom. The number of likely N-dealkylation sites (tertiary alicyclic amines) is 1. The predicted molar refractivity (Wildman–Crippen MR) is 105 cm³/mol. The van der Waals surface area contributed by atoms with Gasteiger partial charge >= 0.3 is 0 Å². The summed E-state index contributed by atoms with van der Waals surface area (Å²) in [6.45, 7) is 1.02. The van der Waals surface area contributed by atoms with E-state index in [1.54, 1.807) is 6.20 Å². The molecule has 1 aromatic heterocycles. The number of aliphatic hydroxyl groups excluding tert-OH is 1. The maximum absolute atomic E-state index is 12.5. The Bertz CT molecular complexity index is 788. The first-order valence-electron chi connectivity index (χ1n) is 10.2. The summed E-state index contributed by atoms with van der Waals surface area (Å²) >= 11 is 0. The number of piperidine rings is 1. The first-order chi connectivity index (χ1) is 13.2. The van der Waals surface area contributed by atoms with Gasteiger partial charge in [-0.3, -0.25) is 9.78 Å². The summed E-state index contributed by atoms with van der Waals surface area (Å²) in [5, 5.41) is 12.6. The van der Waals surface area contributed by atoms with Crippen LogP contribution in [0.4, 0.5) is 0 Å². The van der Waals surface area contributed by atoms with Crippen LogP contribution in [0.2, 0.25) is 0 Å². The van der Waals surface area contributed by atoms with E-state index in [0.717, 1.165) is 28.9 Å². The molecule has 5 heteroatoms. The van der Waals surface area contributed by atoms with E-state index in [1.165, 1.54) is 25.7 Å². The smallest absolute Gasteiger partial charge is 0.222 e. The van der Waals surface area contributed by atoms with E-state index in [2.05, 4.69) is 4.98 Å². The number of β-amino-alcohol motifs (C(OH)–C–C–N with tert-alkyl or cyclic N) is 1. The van der Waals surface area contributed by atoms with Gasteiger partial charge in [0.25, 0.3) is 0 Å². The van der Waals surface area contributed by atoms with Crippen LogP contribution in [0.25, 0.3) is 10.8 Å². The molecule has 4 rings (SSSR count). The van der Waals surface area contributed by atoms with E-state index < -0.39 is 6.10 Å². The molecule has 2 atom stereocenters. The Balaban J connectivity index is 1.30. The molecular formula is C22H28N2O3. The molecule has 5 nitrogen and oxygen atoms in total. The average molecular weight is 368 g/mol. The number of aliphatic hydroxyl groups is 1. The van der Waals surface area contributed by atoms with E-state index in [-0.39, 0.29) is 12.0 Å². The second kappa shape index (κ2) is 8.26. The fraction of sp³-hybridized carbons (Fsp3) is 0.545. The van der Waals surface area contributed by atoms with Crippen molar-refractivity contribution in [2.75, 3.05) is 13.1 Å². The number of rotatable bonds is 5. The summed E-state index contributed by atoms with van der Waals surface area (Å²) in [5.41, 5.74) is 0. The van der Waals surface area contributed by atoms with Gasteiger partial charge in [-0.25, -0.2) is 0 Å². The lowest BCUT2D eigenvalue weighted by atomic mass is 10.00. The number of hydrogen-bond acceptors (Lipinski definition) is 4. The minimum Gasteiger partial charge on any atom is -0.488 e. The van der Waals surface area contributed by atoms with Gasteiger partial charge < -0.3 is 14.7 Å². The topological polar surface area (TPSA) is 62.7 Å². The van der Waals surface area contributed by atoms with Crippen LogP contribution in [0.15, 0.2) is 36.7 Å². The molecule has 1 saturated heterocycles. The number of pyridine rings is 1. The molecule has 0 spiro atoms. The molecule has 27 heavy (non-hydrogen) atoms. The number of ether oxygens (including phenoxy) is 1. The summed E-state index contributed by atoms with van der Waals surface area (Å²) in [7, 11) is 0. The molecule has 1 saturated carbocycles. The Morgan fingerprint density at radius 1 is 1.19 bits per heavy atom. The van der Waals surface area contributed by atoms with Gasteiger partial charge in [0.05, 0.1) is 6.54 Å². The van der Waals surface area contributed by atoms with E-state index in [9.17, 15) is 9.90 Å². The van der Waals surface area contributed by atoms with Crippen molar-refractivity contribution >= 4 is 16.7 Å². The Labute approximate surface area is 160 Å². The standard InChI is InChI=1S/C22H28N2O3/c25-20-15-24(22(26)8-5-16-3-1-2-4-16)12-10-21(20)27-19-7-6-17-9-11-23-14-18(17)13-19/h6-7,9,11,13-14,16,20-21,25H,1-5,8,10,12,15H2/t20-,21-/m1/s1. The van der Waals surface area contributed by atoms with Crippen LogP contribution in [0, 0.1) is 5.92 Å². The van der Waals surface area contributed by atoms with Crippen LogP contribution in [-0.2, 0) is 4.79 Å². The van der Waals surface area contributed by atoms with Gasteiger partial charge in [-0.15, -0.1) is 0 Å². The van der Waals surface area contributed by atoms with Crippen molar-refractivity contribution in [3.63, 3.8) is 0 Å². The molecule has 1 aromatic carbocycles. The van der Waals surface area contributed by atoms with Crippen molar-refractivity contribution < 1.29 is 14.6 Å². The van der Waals surface area contributed by atoms with Crippen LogP contribution < -0.4 is 4.74 Å². The maximum atomic E-state index is 12.5. The van der Waals surface area contributed by atoms with Gasteiger partial charge in [0.1, 0.15) is 18.0 Å². The lowest BCUT2D eigenvalue weighted by molar-refractivity contribution is -0.137. The first kappa shape index (κ1) is 18.2. The first-order valence-corrected chi connectivity index (χ1v) is 10.2. The minimum absolute atomic E-state index is 0.177. The highest BCUT2D eigenvalue weighted by atomic mass is 16.5. The zero-order chi connectivity index (χ0) is 18.6. The highest BCUT2D eigenvalue weighted by Crippen LogP contribution is 2.29. The fourth-order valence-electron chi connectivity index (χ4n) is 4.37. The third-order valence-corrected chi connectivity index (χ3v) is 6.01. The molecule has 0 bridgehead atoms. The second-order valence-corrected chi connectivity index (χ2v) is 7.93. The highest BCUT2D eigenvalue weighted by Gasteiger charge is 2.31. The van der Waals surface area contributed by atoms with E-state index in [4.69, 9.17) is 4.74 Å². The van der Waals surface area contributed by atoms with Crippen LogP contribution in [0.5, 0.6) is 5.75 Å². The molecule has 2 aromatic rings. The summed E-state index contributed by atoms with van der Waals surface area (Å²) < 4.78 is 6.03. The molecule has 1 aliphatic heterocycles. The van der Waals surface area contributed by atoms with Gasteiger partial charge in [0.2, 0.25) is 5.91 Å². The minimum atomic E-state index is -0.654. The van der Waals surface area contributed by atoms with Crippen LogP contribution in [0.3, 0.4) is 0 Å². The van der Waals surface area contributed by atoms with Crippen LogP contribution >= 0.6 is 0 Å². The average Bonchev–Trinajstić information content (AvgIpc) is 3.21. The van der Waals surface area contributed by atoms with Crippen LogP contribution in [-0.4, -0.2) is 46.2 Å². The van der Waals surface area contributed by atoms with Gasteiger partial charge in [-0.1, -0.05) is 31.7 Å². The largest absolute Gasteiger partial charge is 0.488 e. The summed E-state index contributed by atoms with van der Waals surface area (Å²) in [6.07, 6.45) is 10.1. The number of hydrogen-bond donors (Lipinski definition) is 1. The quantitative estimate of drug-likeness (QED) is 0.877. The molecule has 2 aliphatic rings. The van der Waals surface area contributed by atoms with Crippen molar-refractivity contribution in [1.82, 2.24) is 9.88 Å². The fourth-order valence-corrected chi connectivity index (χ4v) is 4.37. The molecule has 1 amide bonds. The van der Waals surface area contributed by atoms with Gasteiger partial charge in [0.15, 0.2) is 0 Å². The van der Waals surface area contributed by atoms with Gasteiger partial charge in [-0.2, -0.15) is 0 Å². The Morgan fingerprint density at radius 2 is 2.04 bits per heavy atom. The molecule has 1 N–H and O–H groups in total. The van der Waals surface area contributed by atoms with Crippen molar-refractivity contribution in [1.29, 1.82) is 0 Å². The third-order valence-electron chi connectivity index (χ3n) is 6.01. The molecule has 0 unspecified atom stereocenters. The molecule has 2 heterocycles. The Hall–Kier alpha value is -2.14. The van der Waals surface area contributed by atoms with E-state index in [1.807, 2.05) is 35.4 Å². The maximum Gasteiger partial charge on any atom is 0.222 e. The third kappa shape index (κ3) is 4.41. The zero-order valence-electron chi connectivity index (χ0n) is 15.7. The van der Waals surface area contributed by atoms with Crippen molar-refractivity contribution in [3.8, 4) is 5.75 Å². The number of carbonyl (C=O) groups is 1. The normalized spacial score (nSPS) is 23.7. The number of aromatic nitrogens is 1. The molecule has 2 fully saturated rings. The summed E-state index contributed by atoms with van der Waals surface area (Å²) in [5.74, 6) is 1.64. The Kier molecular flexibility index (Phi) is 5.58. The van der Waals surface area contributed by atoms with Crippen molar-refractivity contribution in [2.24, 2.45) is 5.92 Å². The molecule has 144 valence electrons. The van der Waals surface area contributed by atoms with Crippen LogP contribution in [0.1, 0.15) is 44.9 Å². The van der Waals surface area contributed by atoms with Crippen molar-refractivity contribution in [3.05, 3.63) is 36.7 Å². The highest BCUT2D eigenvalue weighted by molar-refractivity contribution is 5.82. The monoisotopic (exact) mass is 368 g/mol. The SMILES string of the molecule is O=C(CCC1CCCC1)N1CC[C@@H](Oc2ccc3ccncc3c2)[C@H](O)C1. The molecule has 1 aliphatic carbocycles. The molecule has 0 radical (unpaired) electrons. The summed E-state index contributed by atoms with van der Waals surface area (Å²) in [4.78, 5) is 18.4. The van der Waals surface area contributed by atoms with Gasteiger partial charge in [0, 0.05) is 37.2 Å². The second-order valence-electron chi connectivity index (χ2n) is 7.93. The van der Waals surface area contributed by atoms with Crippen molar-refractivity contribution in [2.45, 2.75) is 57.2 Å².